The standard InChI is InChI=1S/C26H23NO2/c1-29-26(28)25(19-10-3-2-4-11-19)27-23-14-8-6-12-20(23)17-22-21-13-7-5-9-18(21)15-16-24(22)27/h2-14,17,24-25H,15-16H2,1H3/t24-,25+/m1/s1. The Balaban J connectivity index is 1.72. The first-order valence-corrected chi connectivity index (χ1v) is 10.1. The molecule has 1 aliphatic heterocycles. The Kier molecular flexibility index (Phi) is 4.44. The molecule has 144 valence electrons. The lowest BCUT2D eigenvalue weighted by Gasteiger charge is -2.45. The Labute approximate surface area is 171 Å². The number of benzene rings is 3. The molecule has 0 saturated carbocycles. The van der Waals surface area contributed by atoms with Crippen LogP contribution in [0.2, 0.25) is 0 Å². The average Bonchev–Trinajstić information content (AvgIpc) is 2.79. The lowest BCUT2D eigenvalue weighted by molar-refractivity contribution is -0.142. The number of carbonyl (C=O) groups is 1. The summed E-state index contributed by atoms with van der Waals surface area (Å²) in [5.74, 6) is -0.230. The first kappa shape index (κ1) is 17.7. The second-order valence-electron chi connectivity index (χ2n) is 7.61. The number of fused-ring (bicyclic) bond motifs is 4. The minimum Gasteiger partial charge on any atom is -0.467 e. The van der Waals surface area contributed by atoms with Crippen LogP contribution < -0.4 is 4.90 Å². The fourth-order valence-electron chi connectivity index (χ4n) is 4.77. The first-order valence-electron chi connectivity index (χ1n) is 10.1. The highest BCUT2D eigenvalue weighted by molar-refractivity contribution is 5.97. The molecule has 3 aromatic carbocycles. The lowest BCUT2D eigenvalue weighted by atomic mass is 9.79. The van der Waals surface area contributed by atoms with E-state index in [2.05, 4.69) is 53.4 Å². The molecule has 0 radical (unpaired) electrons. The highest BCUT2D eigenvalue weighted by Crippen LogP contribution is 2.46. The number of hydrogen-bond acceptors (Lipinski definition) is 3. The predicted molar refractivity (Wildman–Crippen MR) is 117 cm³/mol. The summed E-state index contributed by atoms with van der Waals surface area (Å²) in [7, 11) is 1.47. The summed E-state index contributed by atoms with van der Waals surface area (Å²) >= 11 is 0. The first-order chi connectivity index (χ1) is 14.3. The van der Waals surface area contributed by atoms with Crippen LogP contribution in [0.1, 0.15) is 34.7 Å². The maximum Gasteiger partial charge on any atom is 0.333 e. The van der Waals surface area contributed by atoms with Crippen LogP contribution in [0, 0.1) is 0 Å². The second-order valence-corrected chi connectivity index (χ2v) is 7.61. The van der Waals surface area contributed by atoms with Crippen LogP contribution in [0.3, 0.4) is 0 Å². The summed E-state index contributed by atoms with van der Waals surface area (Å²) in [4.78, 5) is 15.3. The molecular weight excluding hydrogens is 358 g/mol. The number of nitrogens with zero attached hydrogens (tertiary/aromatic N) is 1. The number of carbonyl (C=O) groups excluding carboxylic acids is 1. The van der Waals surface area contributed by atoms with Gasteiger partial charge in [-0.15, -0.1) is 0 Å². The highest BCUT2D eigenvalue weighted by atomic mass is 16.5. The van der Waals surface area contributed by atoms with E-state index < -0.39 is 6.04 Å². The number of para-hydroxylation sites is 1. The van der Waals surface area contributed by atoms with Crippen LogP contribution in [0.25, 0.3) is 11.6 Å². The van der Waals surface area contributed by atoms with Gasteiger partial charge < -0.3 is 9.64 Å². The van der Waals surface area contributed by atoms with E-state index >= 15 is 0 Å². The molecule has 0 fully saturated rings. The maximum absolute atomic E-state index is 13.1. The summed E-state index contributed by atoms with van der Waals surface area (Å²) in [6, 6.07) is 26.6. The minimum absolute atomic E-state index is 0.129. The van der Waals surface area contributed by atoms with Crippen molar-refractivity contribution in [2.24, 2.45) is 0 Å². The molecule has 3 heteroatoms. The van der Waals surface area contributed by atoms with Crippen molar-refractivity contribution in [1.82, 2.24) is 0 Å². The van der Waals surface area contributed by atoms with E-state index in [1.807, 2.05) is 36.4 Å². The molecule has 0 aromatic heterocycles. The summed E-state index contributed by atoms with van der Waals surface area (Å²) < 4.78 is 5.28. The van der Waals surface area contributed by atoms with Gasteiger partial charge in [0.15, 0.2) is 6.04 Å². The van der Waals surface area contributed by atoms with E-state index in [9.17, 15) is 4.79 Å². The van der Waals surface area contributed by atoms with Crippen molar-refractivity contribution in [3.63, 3.8) is 0 Å². The fourth-order valence-corrected chi connectivity index (χ4v) is 4.77. The zero-order valence-electron chi connectivity index (χ0n) is 16.4. The van der Waals surface area contributed by atoms with E-state index in [1.54, 1.807) is 0 Å². The third-order valence-electron chi connectivity index (χ3n) is 6.05. The van der Waals surface area contributed by atoms with Gasteiger partial charge in [-0.3, -0.25) is 0 Å². The molecule has 0 spiro atoms. The van der Waals surface area contributed by atoms with Crippen molar-refractivity contribution in [1.29, 1.82) is 0 Å². The number of methoxy groups -OCH3 is 1. The predicted octanol–water partition coefficient (Wildman–Crippen LogP) is 5.28. The third kappa shape index (κ3) is 2.94. The van der Waals surface area contributed by atoms with Gasteiger partial charge in [-0.05, 0) is 52.8 Å². The maximum atomic E-state index is 13.1. The molecule has 0 N–H and O–H groups in total. The Bertz CT molecular complexity index is 1090. The van der Waals surface area contributed by atoms with E-state index in [1.165, 1.54) is 23.8 Å². The van der Waals surface area contributed by atoms with Crippen LogP contribution >= 0.6 is 0 Å². The van der Waals surface area contributed by atoms with E-state index in [4.69, 9.17) is 4.74 Å². The van der Waals surface area contributed by atoms with Crippen molar-refractivity contribution in [3.8, 4) is 0 Å². The molecule has 0 amide bonds. The Morgan fingerprint density at radius 3 is 2.52 bits per heavy atom. The quantitative estimate of drug-likeness (QED) is 0.579. The van der Waals surface area contributed by atoms with Gasteiger partial charge in [-0.2, -0.15) is 0 Å². The van der Waals surface area contributed by atoms with Crippen LogP contribution in [0.4, 0.5) is 5.69 Å². The van der Waals surface area contributed by atoms with Crippen molar-refractivity contribution in [3.05, 3.63) is 101 Å². The van der Waals surface area contributed by atoms with Crippen molar-refractivity contribution in [2.75, 3.05) is 12.0 Å². The van der Waals surface area contributed by atoms with Crippen LogP contribution in [-0.4, -0.2) is 19.1 Å². The van der Waals surface area contributed by atoms with Crippen molar-refractivity contribution >= 4 is 23.3 Å². The molecule has 2 aliphatic rings. The van der Waals surface area contributed by atoms with E-state index in [0.29, 0.717) is 0 Å². The molecule has 3 nitrogen and oxygen atoms in total. The van der Waals surface area contributed by atoms with Gasteiger partial charge in [-0.25, -0.2) is 4.79 Å². The number of hydrogen-bond donors (Lipinski definition) is 0. The summed E-state index contributed by atoms with van der Waals surface area (Å²) in [6.07, 6.45) is 4.27. The molecule has 2 atom stereocenters. The molecule has 0 bridgehead atoms. The summed E-state index contributed by atoms with van der Waals surface area (Å²) in [6.45, 7) is 0. The number of esters is 1. The average molecular weight is 381 g/mol. The summed E-state index contributed by atoms with van der Waals surface area (Å²) in [5.41, 5.74) is 7.13. The Morgan fingerprint density at radius 2 is 1.69 bits per heavy atom. The van der Waals surface area contributed by atoms with Gasteiger partial charge in [0.1, 0.15) is 0 Å². The second kappa shape index (κ2) is 7.25. The largest absolute Gasteiger partial charge is 0.467 e. The molecule has 3 aromatic rings. The number of anilines is 1. The van der Waals surface area contributed by atoms with Crippen molar-refractivity contribution < 1.29 is 9.53 Å². The van der Waals surface area contributed by atoms with Gasteiger partial charge in [0.2, 0.25) is 0 Å². The molecular formula is C26H23NO2. The normalized spacial score (nSPS) is 18.0. The smallest absolute Gasteiger partial charge is 0.333 e. The SMILES string of the molecule is COC(=O)[C@H](c1ccccc1)N1c2ccccc2C=C2c3ccccc3CC[C@H]21. The number of rotatable bonds is 3. The minimum atomic E-state index is -0.485. The van der Waals surface area contributed by atoms with Gasteiger partial charge >= 0.3 is 5.97 Å². The zero-order valence-corrected chi connectivity index (χ0v) is 16.4. The highest BCUT2D eigenvalue weighted by Gasteiger charge is 2.40. The molecule has 0 saturated heterocycles. The molecule has 1 heterocycles. The molecule has 5 rings (SSSR count). The lowest BCUT2D eigenvalue weighted by Crippen LogP contribution is -2.46. The van der Waals surface area contributed by atoms with E-state index in [0.717, 1.165) is 29.7 Å². The van der Waals surface area contributed by atoms with Crippen LogP contribution in [0.5, 0.6) is 0 Å². The Morgan fingerprint density at radius 1 is 0.966 bits per heavy atom. The molecule has 0 unspecified atom stereocenters. The number of aryl methyl sites for hydroxylation is 1. The zero-order chi connectivity index (χ0) is 19.8. The monoisotopic (exact) mass is 381 g/mol. The van der Waals surface area contributed by atoms with Crippen LogP contribution in [0.15, 0.2) is 78.9 Å². The Hall–Kier alpha value is -3.33. The number of ether oxygens (including phenoxy) is 1. The topological polar surface area (TPSA) is 29.5 Å². The van der Waals surface area contributed by atoms with Crippen LogP contribution in [-0.2, 0) is 16.0 Å². The van der Waals surface area contributed by atoms with Gasteiger partial charge in [0.05, 0.1) is 13.2 Å². The molecule has 1 aliphatic carbocycles. The third-order valence-corrected chi connectivity index (χ3v) is 6.05. The van der Waals surface area contributed by atoms with E-state index in [-0.39, 0.29) is 12.0 Å². The van der Waals surface area contributed by atoms with Gasteiger partial charge in [0.25, 0.3) is 0 Å². The van der Waals surface area contributed by atoms with Gasteiger partial charge in [-0.1, -0.05) is 72.8 Å². The van der Waals surface area contributed by atoms with Gasteiger partial charge in [0, 0.05) is 5.69 Å². The fraction of sp³-hybridized carbons (Fsp3) is 0.192. The molecule has 29 heavy (non-hydrogen) atoms. The van der Waals surface area contributed by atoms with Crippen molar-refractivity contribution in [2.45, 2.75) is 24.9 Å². The summed E-state index contributed by atoms with van der Waals surface area (Å²) in [5, 5.41) is 0.